The number of hydrogen-bond donors (Lipinski definition) is 1. The Morgan fingerprint density at radius 2 is 2.50 bits per heavy atom. The molecular weight excluding hydrogens is 246 g/mol. The summed E-state index contributed by atoms with van der Waals surface area (Å²) < 4.78 is 1.19. The van der Waals surface area contributed by atoms with Crippen LogP contribution in [0, 0.1) is 0 Å². The Morgan fingerprint density at radius 3 is 2.50 bits per heavy atom. The monoisotopic (exact) mass is 253 g/mol. The molecule has 0 aliphatic heterocycles. The summed E-state index contributed by atoms with van der Waals surface area (Å²) >= 11 is 1.43. The molecule has 34 valence electrons. The van der Waals surface area contributed by atoms with E-state index in [9.17, 15) is 0 Å². The van der Waals surface area contributed by atoms with E-state index in [1.54, 1.807) is 0 Å². The van der Waals surface area contributed by atoms with Gasteiger partial charge in [-0.25, -0.2) is 0 Å². The van der Waals surface area contributed by atoms with Gasteiger partial charge in [-0.3, -0.25) is 0 Å². The van der Waals surface area contributed by atoms with Crippen LogP contribution < -0.4 is 5.32 Å². The van der Waals surface area contributed by atoms with Gasteiger partial charge in [0.2, 0.25) is 0 Å². The van der Waals surface area contributed by atoms with Crippen molar-refractivity contribution in [3.8, 4) is 0 Å². The van der Waals surface area contributed by atoms with Crippen molar-refractivity contribution < 1.29 is 19.4 Å². The van der Waals surface area contributed by atoms with Gasteiger partial charge in [0.05, 0.1) is 0 Å². The van der Waals surface area contributed by atoms with E-state index in [-0.39, 0.29) is 0 Å². The van der Waals surface area contributed by atoms with Gasteiger partial charge in [-0.1, -0.05) is 0 Å². The molecule has 0 unspecified atom stereocenters. The van der Waals surface area contributed by atoms with E-state index in [4.69, 9.17) is 0 Å². The van der Waals surface area contributed by atoms with E-state index in [1.807, 2.05) is 13.1 Å². The second-order valence-corrected chi connectivity index (χ2v) is 2.40. The third-order valence-electron chi connectivity index (χ3n) is 0.432. The zero-order valence-electron chi connectivity index (χ0n) is 3.69. The van der Waals surface area contributed by atoms with E-state index < -0.39 is 0 Å². The second kappa shape index (κ2) is 3.45. The summed E-state index contributed by atoms with van der Waals surface area (Å²) in [5, 5.41) is 2.95. The molecule has 0 aromatic rings. The molecule has 0 aromatic carbocycles. The van der Waals surface area contributed by atoms with Gasteiger partial charge < -0.3 is 0 Å². The van der Waals surface area contributed by atoms with Crippen LogP contribution >= 0.6 is 0 Å². The summed E-state index contributed by atoms with van der Waals surface area (Å²) in [6, 6.07) is 0. The van der Waals surface area contributed by atoms with Crippen LogP contribution in [-0.2, 0) is 19.4 Å². The van der Waals surface area contributed by atoms with Crippen molar-refractivity contribution in [3.05, 3.63) is 12.7 Å². The van der Waals surface area contributed by atoms with Crippen molar-refractivity contribution in [3.63, 3.8) is 0 Å². The van der Waals surface area contributed by atoms with E-state index in [1.165, 1.54) is 23.4 Å². The molecule has 0 saturated heterocycles. The van der Waals surface area contributed by atoms with Crippen molar-refractivity contribution in [2.45, 2.75) is 0 Å². The zero-order chi connectivity index (χ0) is 4.99. The molecule has 2 heteroatoms. The molecule has 0 aliphatic carbocycles. The Kier molecular flexibility index (Phi) is 3.60. The molecule has 6 heavy (non-hydrogen) atoms. The van der Waals surface area contributed by atoms with Gasteiger partial charge in [0.15, 0.2) is 0 Å². The van der Waals surface area contributed by atoms with Gasteiger partial charge >= 0.3 is 48.4 Å². The number of nitrogens with one attached hydrogen (secondary N) is 1. The first-order chi connectivity index (χ1) is 2.81. The summed E-state index contributed by atoms with van der Waals surface area (Å²) in [4.78, 5) is 0. The summed E-state index contributed by atoms with van der Waals surface area (Å²) in [6.45, 7) is 3.55. The molecule has 0 fully saturated rings. The maximum absolute atomic E-state index is 3.55. The summed E-state index contributed by atoms with van der Waals surface area (Å²) in [5.41, 5.74) is 0. The fourth-order valence-electron chi connectivity index (χ4n) is 0.102. The van der Waals surface area contributed by atoms with E-state index in [2.05, 4.69) is 11.9 Å². The van der Waals surface area contributed by atoms with Crippen LogP contribution in [0.2, 0.25) is 0 Å². The molecule has 0 saturated carbocycles. The fourth-order valence-corrected chi connectivity index (χ4v) is 0.102. The van der Waals surface area contributed by atoms with Crippen LogP contribution in [0.15, 0.2) is 12.7 Å². The first kappa shape index (κ1) is 6.26. The summed E-state index contributed by atoms with van der Waals surface area (Å²) in [6.07, 6.45) is 1.81. The van der Waals surface area contributed by atoms with Crippen LogP contribution in [0.25, 0.3) is 0 Å². The molecule has 0 heterocycles. The number of likely N-dealkylation sites (N-methyl/N-ethyl adjacent to an activating group) is 1. The molecule has 0 amide bonds. The third-order valence-corrected chi connectivity index (χ3v) is 1.76. The first-order valence-corrected chi connectivity index (χ1v) is 3.12. The van der Waals surface area contributed by atoms with E-state index in [0.29, 0.717) is 0 Å². The molecule has 0 rings (SSSR count). The van der Waals surface area contributed by atoms with Crippen LogP contribution in [0.1, 0.15) is 0 Å². The van der Waals surface area contributed by atoms with Crippen molar-refractivity contribution in [2.75, 3.05) is 7.05 Å². The summed E-state index contributed by atoms with van der Waals surface area (Å²) in [5.74, 6) is 0. The number of hydrogen-bond acceptors (Lipinski definition) is 1. The fraction of sp³-hybridized carbons (Fsp3) is 0.250. The molecular formula is C4H7NW. The molecule has 0 bridgehead atoms. The standard InChI is InChI=1S/C4H7N.W/c1-3-4-5-2;/h3,5H,1H2,2H3;. The Labute approximate surface area is 48.8 Å². The average Bonchev–Trinajstić information content (AvgIpc) is 1.65. The average molecular weight is 253 g/mol. The molecule has 0 spiro atoms. The second-order valence-electron chi connectivity index (χ2n) is 0.818. The molecule has 1 nitrogen and oxygen atoms in total. The van der Waals surface area contributed by atoms with Crippen LogP contribution in [0.5, 0.6) is 0 Å². The number of rotatable bonds is 2. The Morgan fingerprint density at radius 1 is 2.00 bits per heavy atom. The van der Waals surface area contributed by atoms with Crippen molar-refractivity contribution >= 4 is 4.02 Å². The molecule has 0 aliphatic rings. The molecule has 0 radical (unpaired) electrons. The topological polar surface area (TPSA) is 12.0 Å². The van der Waals surface area contributed by atoms with Gasteiger partial charge in [0.25, 0.3) is 0 Å². The predicted molar refractivity (Wildman–Crippen MR) is 24.3 cm³/mol. The third kappa shape index (κ3) is 2.49. The Balaban J connectivity index is 3.23. The Hall–Kier alpha value is 0.258. The van der Waals surface area contributed by atoms with Gasteiger partial charge in [0.1, 0.15) is 0 Å². The minimum atomic E-state index is 1.19. The van der Waals surface area contributed by atoms with Crippen molar-refractivity contribution in [1.82, 2.24) is 5.32 Å². The normalized spacial score (nSPS) is 7.50. The SMILES string of the molecule is C=C[C](=[W])NC. The molecule has 1 N–H and O–H groups in total. The van der Waals surface area contributed by atoms with Gasteiger partial charge in [0, 0.05) is 0 Å². The van der Waals surface area contributed by atoms with Gasteiger partial charge in [-0.05, 0) is 0 Å². The minimum absolute atomic E-state index is 1.19. The Bertz CT molecular complexity index is 67.9. The van der Waals surface area contributed by atoms with Crippen LogP contribution in [0.4, 0.5) is 0 Å². The predicted octanol–water partition coefficient (Wildman–Crippen LogP) is 0.0685. The van der Waals surface area contributed by atoms with Gasteiger partial charge in [-0.2, -0.15) is 0 Å². The van der Waals surface area contributed by atoms with E-state index in [0.717, 1.165) is 0 Å². The zero-order valence-corrected chi connectivity index (χ0v) is 6.63. The first-order valence-electron chi connectivity index (χ1n) is 1.65. The quantitative estimate of drug-likeness (QED) is 0.734. The molecule has 0 atom stereocenters. The van der Waals surface area contributed by atoms with E-state index >= 15 is 0 Å². The van der Waals surface area contributed by atoms with Gasteiger partial charge in [-0.15, -0.1) is 0 Å². The summed E-state index contributed by atoms with van der Waals surface area (Å²) in [7, 11) is 1.89. The van der Waals surface area contributed by atoms with Crippen LogP contribution in [-0.4, -0.2) is 11.1 Å². The van der Waals surface area contributed by atoms with Crippen molar-refractivity contribution in [2.24, 2.45) is 0 Å². The molecule has 0 aromatic heterocycles. The maximum atomic E-state index is 3.55. The van der Waals surface area contributed by atoms with Crippen molar-refractivity contribution in [1.29, 1.82) is 0 Å². The van der Waals surface area contributed by atoms with Crippen LogP contribution in [0.3, 0.4) is 0 Å².